The number of aliphatic hydroxyl groups is 1. The minimum atomic E-state index is -1.17. The molecule has 1 aromatic heterocycles. The van der Waals surface area contributed by atoms with Gasteiger partial charge in [0.25, 0.3) is 0 Å². The smallest absolute Gasteiger partial charge is 0.227 e. The second-order valence-electron chi connectivity index (χ2n) is 5.86. The van der Waals surface area contributed by atoms with Gasteiger partial charge in [-0.2, -0.15) is 0 Å². The Morgan fingerprint density at radius 3 is 2.61 bits per heavy atom. The Hall–Kier alpha value is -2.40. The molecular formula is C18H18O5. The summed E-state index contributed by atoms with van der Waals surface area (Å²) >= 11 is 0. The summed E-state index contributed by atoms with van der Waals surface area (Å²) in [6.45, 7) is 0.184. The lowest BCUT2D eigenvalue weighted by Crippen LogP contribution is -2.38. The Labute approximate surface area is 133 Å². The SMILES string of the molecule is O=CC1(C(O)c2occc(=O)c2OCc2ccccc2)CCC1. The monoisotopic (exact) mass is 314 g/mol. The average Bonchev–Trinajstić information content (AvgIpc) is 2.54. The highest BCUT2D eigenvalue weighted by Crippen LogP contribution is 2.49. The number of aliphatic hydroxyl groups excluding tert-OH is 1. The normalized spacial score (nSPS) is 17.1. The van der Waals surface area contributed by atoms with E-state index in [-0.39, 0.29) is 23.5 Å². The van der Waals surface area contributed by atoms with Gasteiger partial charge >= 0.3 is 0 Å². The summed E-state index contributed by atoms with van der Waals surface area (Å²) in [7, 11) is 0. The van der Waals surface area contributed by atoms with Gasteiger partial charge < -0.3 is 19.1 Å². The third kappa shape index (κ3) is 2.92. The molecule has 0 spiro atoms. The van der Waals surface area contributed by atoms with Crippen LogP contribution in [0.3, 0.4) is 0 Å². The maximum absolute atomic E-state index is 12.1. The molecule has 1 aliphatic rings. The van der Waals surface area contributed by atoms with E-state index in [4.69, 9.17) is 9.15 Å². The Morgan fingerprint density at radius 1 is 1.26 bits per heavy atom. The van der Waals surface area contributed by atoms with Crippen LogP contribution in [0.5, 0.6) is 5.75 Å². The Bertz CT molecular complexity index is 731. The van der Waals surface area contributed by atoms with E-state index in [2.05, 4.69) is 0 Å². The minimum Gasteiger partial charge on any atom is -0.482 e. The van der Waals surface area contributed by atoms with Crippen molar-refractivity contribution in [2.24, 2.45) is 5.41 Å². The first kappa shape index (κ1) is 15.5. The molecule has 0 radical (unpaired) electrons. The maximum atomic E-state index is 12.1. The quantitative estimate of drug-likeness (QED) is 0.829. The molecule has 1 heterocycles. The second-order valence-corrected chi connectivity index (χ2v) is 5.86. The lowest BCUT2D eigenvalue weighted by molar-refractivity contribution is -0.132. The molecule has 3 rings (SSSR count). The number of hydrogen-bond acceptors (Lipinski definition) is 5. The Kier molecular flexibility index (Phi) is 4.30. The van der Waals surface area contributed by atoms with E-state index in [1.807, 2.05) is 30.3 Å². The lowest BCUT2D eigenvalue weighted by atomic mass is 9.65. The van der Waals surface area contributed by atoms with Crippen molar-refractivity contribution >= 4 is 6.29 Å². The molecule has 1 atom stereocenters. The van der Waals surface area contributed by atoms with Crippen LogP contribution in [0.15, 0.2) is 51.9 Å². The van der Waals surface area contributed by atoms with Gasteiger partial charge in [-0.1, -0.05) is 36.8 Å². The van der Waals surface area contributed by atoms with Gasteiger partial charge in [-0.15, -0.1) is 0 Å². The molecule has 5 heteroatoms. The van der Waals surface area contributed by atoms with E-state index in [1.54, 1.807) is 0 Å². The molecule has 5 nitrogen and oxygen atoms in total. The number of rotatable bonds is 6. The van der Waals surface area contributed by atoms with Gasteiger partial charge in [0.1, 0.15) is 19.0 Å². The van der Waals surface area contributed by atoms with Crippen LogP contribution in [0.2, 0.25) is 0 Å². The summed E-state index contributed by atoms with van der Waals surface area (Å²) in [6.07, 6.45) is 2.83. The van der Waals surface area contributed by atoms with E-state index >= 15 is 0 Å². The largest absolute Gasteiger partial charge is 0.482 e. The first-order valence-electron chi connectivity index (χ1n) is 7.59. The molecule has 1 aromatic carbocycles. The highest BCUT2D eigenvalue weighted by atomic mass is 16.5. The fourth-order valence-corrected chi connectivity index (χ4v) is 2.78. The topological polar surface area (TPSA) is 76.7 Å². The summed E-state index contributed by atoms with van der Waals surface area (Å²) < 4.78 is 10.9. The van der Waals surface area contributed by atoms with Crippen LogP contribution in [0.25, 0.3) is 0 Å². The summed E-state index contributed by atoms with van der Waals surface area (Å²) in [4.78, 5) is 23.5. The molecule has 0 aliphatic heterocycles. The predicted octanol–water partition coefficient (Wildman–Crippen LogP) is 2.62. The zero-order valence-electron chi connectivity index (χ0n) is 12.6. The van der Waals surface area contributed by atoms with E-state index in [1.165, 1.54) is 12.3 Å². The van der Waals surface area contributed by atoms with Crippen LogP contribution in [0.4, 0.5) is 0 Å². The van der Waals surface area contributed by atoms with Crippen LogP contribution in [-0.4, -0.2) is 11.4 Å². The highest BCUT2D eigenvalue weighted by Gasteiger charge is 2.46. The second kappa shape index (κ2) is 6.38. The molecule has 120 valence electrons. The third-order valence-electron chi connectivity index (χ3n) is 4.40. The molecule has 1 fully saturated rings. The van der Waals surface area contributed by atoms with Crippen molar-refractivity contribution in [2.45, 2.75) is 32.0 Å². The van der Waals surface area contributed by atoms with Gasteiger partial charge in [-0.3, -0.25) is 4.79 Å². The van der Waals surface area contributed by atoms with Crippen molar-refractivity contribution in [3.8, 4) is 5.75 Å². The van der Waals surface area contributed by atoms with Gasteiger partial charge in [0, 0.05) is 6.07 Å². The highest BCUT2D eigenvalue weighted by molar-refractivity contribution is 5.62. The molecule has 1 unspecified atom stereocenters. The molecule has 0 amide bonds. The third-order valence-corrected chi connectivity index (χ3v) is 4.40. The number of aldehydes is 1. The molecule has 23 heavy (non-hydrogen) atoms. The van der Waals surface area contributed by atoms with Crippen LogP contribution < -0.4 is 10.2 Å². The van der Waals surface area contributed by atoms with E-state index < -0.39 is 11.5 Å². The summed E-state index contributed by atoms with van der Waals surface area (Å²) in [5.41, 5.74) is -0.353. The van der Waals surface area contributed by atoms with Gasteiger partial charge in [0.05, 0.1) is 11.7 Å². The van der Waals surface area contributed by atoms with E-state index in [0.29, 0.717) is 12.8 Å². The van der Waals surface area contributed by atoms with Crippen LogP contribution in [0, 0.1) is 5.41 Å². The van der Waals surface area contributed by atoms with Crippen molar-refractivity contribution in [2.75, 3.05) is 0 Å². The molecular weight excluding hydrogens is 296 g/mol. The molecule has 1 N–H and O–H groups in total. The lowest BCUT2D eigenvalue weighted by Gasteiger charge is -2.40. The molecule has 0 bridgehead atoms. The Morgan fingerprint density at radius 2 is 2.00 bits per heavy atom. The standard InChI is InChI=1S/C18H18O5/c19-12-18(8-4-9-18)17(21)16-15(14(20)7-10-22-16)23-11-13-5-2-1-3-6-13/h1-3,5-7,10,12,17,21H,4,8-9,11H2. The number of ether oxygens (including phenoxy) is 1. The molecule has 2 aromatic rings. The van der Waals surface area contributed by atoms with Crippen molar-refractivity contribution in [3.63, 3.8) is 0 Å². The predicted molar refractivity (Wildman–Crippen MR) is 83.1 cm³/mol. The summed E-state index contributed by atoms with van der Waals surface area (Å²) in [5.74, 6) is -0.00258. The van der Waals surface area contributed by atoms with Gasteiger partial charge in [0.2, 0.25) is 11.2 Å². The molecule has 1 aliphatic carbocycles. The fourth-order valence-electron chi connectivity index (χ4n) is 2.78. The van der Waals surface area contributed by atoms with Crippen molar-refractivity contribution in [1.29, 1.82) is 0 Å². The van der Waals surface area contributed by atoms with Gasteiger partial charge in [-0.05, 0) is 18.4 Å². The van der Waals surface area contributed by atoms with Crippen LogP contribution in [-0.2, 0) is 11.4 Å². The zero-order chi connectivity index (χ0) is 16.3. The number of hydrogen-bond donors (Lipinski definition) is 1. The molecule has 0 saturated heterocycles. The first-order chi connectivity index (χ1) is 11.2. The molecule has 1 saturated carbocycles. The van der Waals surface area contributed by atoms with Gasteiger partial charge in [0.15, 0.2) is 5.76 Å². The van der Waals surface area contributed by atoms with Crippen molar-refractivity contribution in [1.82, 2.24) is 0 Å². The number of benzene rings is 1. The number of carbonyl (C=O) groups excluding carboxylic acids is 1. The number of carbonyl (C=O) groups is 1. The maximum Gasteiger partial charge on any atom is 0.227 e. The van der Waals surface area contributed by atoms with E-state index in [9.17, 15) is 14.7 Å². The minimum absolute atomic E-state index is 0.0280. The van der Waals surface area contributed by atoms with Gasteiger partial charge in [-0.25, -0.2) is 0 Å². The zero-order valence-corrected chi connectivity index (χ0v) is 12.6. The van der Waals surface area contributed by atoms with Crippen LogP contribution in [0.1, 0.15) is 36.7 Å². The van der Waals surface area contributed by atoms with Crippen molar-refractivity contribution in [3.05, 3.63) is 64.2 Å². The Balaban J connectivity index is 1.88. The van der Waals surface area contributed by atoms with Crippen LogP contribution >= 0.6 is 0 Å². The van der Waals surface area contributed by atoms with Crippen molar-refractivity contribution < 1.29 is 19.1 Å². The first-order valence-corrected chi connectivity index (χ1v) is 7.59. The average molecular weight is 314 g/mol. The summed E-state index contributed by atoms with van der Waals surface area (Å²) in [6, 6.07) is 10.6. The fraction of sp³-hybridized carbons (Fsp3) is 0.333. The van der Waals surface area contributed by atoms with E-state index in [0.717, 1.165) is 18.3 Å². The summed E-state index contributed by atoms with van der Waals surface area (Å²) in [5, 5.41) is 10.5.